The highest BCUT2D eigenvalue weighted by Gasteiger charge is 2.18. The number of hydrogen-bond donors (Lipinski definition) is 0. The molecule has 26 heavy (non-hydrogen) atoms. The molecular weight excluding hydrogens is 387 g/mol. The number of halogens is 2. The van der Waals surface area contributed by atoms with Crippen molar-refractivity contribution in [3.63, 3.8) is 0 Å². The van der Waals surface area contributed by atoms with Gasteiger partial charge in [0.15, 0.2) is 17.1 Å². The molecule has 3 heterocycles. The van der Waals surface area contributed by atoms with Crippen LogP contribution in [-0.4, -0.2) is 19.5 Å². The van der Waals surface area contributed by atoms with Crippen molar-refractivity contribution >= 4 is 56.9 Å². The highest BCUT2D eigenvalue weighted by molar-refractivity contribution is 7.13. The molecule has 5 rings (SSSR count). The minimum Gasteiger partial charge on any atom is -0.274 e. The quantitative estimate of drug-likeness (QED) is 0.367. The average molecular weight is 397 g/mol. The Morgan fingerprint density at radius 2 is 1.54 bits per heavy atom. The molecule has 0 aliphatic rings. The molecule has 3 aromatic heterocycles. The summed E-state index contributed by atoms with van der Waals surface area (Å²) in [4.78, 5) is 15.3. The maximum atomic E-state index is 6.24. The Morgan fingerprint density at radius 3 is 2.23 bits per heavy atom. The van der Waals surface area contributed by atoms with Gasteiger partial charge in [0.2, 0.25) is 0 Å². The van der Waals surface area contributed by atoms with E-state index in [0.717, 1.165) is 27.4 Å². The van der Waals surface area contributed by atoms with Crippen LogP contribution in [0.4, 0.5) is 0 Å². The molecule has 0 atom stereocenters. The highest BCUT2D eigenvalue weighted by atomic mass is 35.5. The van der Waals surface area contributed by atoms with E-state index in [-0.39, 0.29) is 0 Å². The lowest BCUT2D eigenvalue weighted by molar-refractivity contribution is 1.09. The van der Waals surface area contributed by atoms with Crippen molar-refractivity contribution in [1.82, 2.24) is 19.5 Å². The first-order valence-electron chi connectivity index (χ1n) is 7.84. The van der Waals surface area contributed by atoms with Crippen LogP contribution in [0.25, 0.3) is 38.7 Å². The van der Waals surface area contributed by atoms with E-state index < -0.39 is 0 Å². The van der Waals surface area contributed by atoms with Crippen molar-refractivity contribution in [3.05, 3.63) is 70.0 Å². The van der Waals surface area contributed by atoms with E-state index in [9.17, 15) is 0 Å². The molecular formula is C19H10Cl2N4S. The summed E-state index contributed by atoms with van der Waals surface area (Å²) in [5, 5.41) is 3.13. The van der Waals surface area contributed by atoms with Crippen molar-refractivity contribution in [2.45, 2.75) is 0 Å². The minimum absolute atomic E-state index is 0.556. The van der Waals surface area contributed by atoms with Crippen molar-refractivity contribution < 1.29 is 0 Å². The van der Waals surface area contributed by atoms with Crippen LogP contribution in [0, 0.1) is 0 Å². The van der Waals surface area contributed by atoms with E-state index in [2.05, 4.69) is 4.98 Å². The third-order valence-electron chi connectivity index (χ3n) is 4.02. The number of imidazole rings is 1. The molecule has 0 amide bonds. The van der Waals surface area contributed by atoms with Crippen LogP contribution in [0.15, 0.2) is 60.0 Å². The Bertz CT molecular complexity index is 1240. The molecule has 0 aliphatic carbocycles. The summed E-state index contributed by atoms with van der Waals surface area (Å²) in [6.45, 7) is 0. The topological polar surface area (TPSA) is 43.6 Å². The minimum atomic E-state index is 0.556. The first-order valence-corrected chi connectivity index (χ1v) is 9.48. The predicted octanol–water partition coefficient (Wildman–Crippen LogP) is 6.00. The first-order chi connectivity index (χ1) is 12.7. The summed E-state index contributed by atoms with van der Waals surface area (Å²) in [6, 6.07) is 17.2. The molecule has 0 fully saturated rings. The Labute approximate surface area is 162 Å². The normalized spacial score (nSPS) is 11.5. The van der Waals surface area contributed by atoms with E-state index in [1.54, 1.807) is 17.4 Å². The number of para-hydroxylation sites is 2. The fourth-order valence-electron chi connectivity index (χ4n) is 2.94. The molecule has 0 bridgehead atoms. The zero-order valence-electron chi connectivity index (χ0n) is 13.2. The van der Waals surface area contributed by atoms with Gasteiger partial charge in [0.1, 0.15) is 0 Å². The molecule has 0 unspecified atom stereocenters. The number of hydrogen-bond acceptors (Lipinski definition) is 4. The largest absolute Gasteiger partial charge is 0.274 e. The summed E-state index contributed by atoms with van der Waals surface area (Å²) in [6.07, 6.45) is 0. The van der Waals surface area contributed by atoms with Gasteiger partial charge in [-0.15, -0.1) is 11.3 Å². The third-order valence-corrected chi connectivity index (χ3v) is 5.32. The van der Waals surface area contributed by atoms with E-state index in [4.69, 9.17) is 33.2 Å². The van der Waals surface area contributed by atoms with Crippen LogP contribution >= 0.6 is 34.5 Å². The maximum absolute atomic E-state index is 6.24. The fourth-order valence-corrected chi connectivity index (χ4v) is 4.16. The van der Waals surface area contributed by atoms with Crippen LogP contribution in [0.2, 0.25) is 10.0 Å². The lowest BCUT2D eigenvalue weighted by atomic mass is 10.3. The molecule has 0 aliphatic heterocycles. The van der Waals surface area contributed by atoms with Gasteiger partial charge in [0.05, 0.1) is 21.6 Å². The number of aromatic nitrogens is 4. The van der Waals surface area contributed by atoms with Crippen LogP contribution in [0.1, 0.15) is 0 Å². The van der Waals surface area contributed by atoms with Gasteiger partial charge in [-0.1, -0.05) is 41.4 Å². The number of thiophene rings is 1. The number of benzene rings is 2. The standard InChI is InChI=1S/C19H10Cl2N4S/c20-11-8-12(21)10-13(9-11)25-18(16-6-3-7-26-16)24-17-19(25)23-15-5-2-1-4-14(15)22-17/h1-10H. The van der Waals surface area contributed by atoms with Crippen LogP contribution in [0.3, 0.4) is 0 Å². The van der Waals surface area contributed by atoms with Crippen molar-refractivity contribution in [1.29, 1.82) is 0 Å². The second-order valence-electron chi connectivity index (χ2n) is 5.74. The zero-order valence-corrected chi connectivity index (χ0v) is 15.6. The molecule has 5 aromatic rings. The second-order valence-corrected chi connectivity index (χ2v) is 7.56. The third kappa shape index (κ3) is 2.56. The summed E-state index contributed by atoms with van der Waals surface area (Å²) in [5.74, 6) is 0.767. The van der Waals surface area contributed by atoms with Gasteiger partial charge >= 0.3 is 0 Å². The van der Waals surface area contributed by atoms with Gasteiger partial charge in [0, 0.05) is 10.0 Å². The molecule has 2 aromatic carbocycles. The van der Waals surface area contributed by atoms with Gasteiger partial charge < -0.3 is 0 Å². The first kappa shape index (κ1) is 15.8. The van der Waals surface area contributed by atoms with Gasteiger partial charge in [-0.05, 0) is 41.8 Å². The molecule has 0 saturated heterocycles. The van der Waals surface area contributed by atoms with E-state index >= 15 is 0 Å². The average Bonchev–Trinajstić information content (AvgIpc) is 3.26. The van der Waals surface area contributed by atoms with E-state index in [0.29, 0.717) is 21.3 Å². The molecule has 7 heteroatoms. The molecule has 4 nitrogen and oxygen atoms in total. The van der Waals surface area contributed by atoms with Crippen LogP contribution in [-0.2, 0) is 0 Å². The van der Waals surface area contributed by atoms with E-state index in [1.165, 1.54) is 0 Å². The summed E-state index contributed by atoms with van der Waals surface area (Å²) in [7, 11) is 0. The Hall–Kier alpha value is -2.47. The highest BCUT2D eigenvalue weighted by Crippen LogP contribution is 2.32. The number of rotatable bonds is 2. The summed E-state index contributed by atoms with van der Waals surface area (Å²) in [5.41, 5.74) is 3.69. The Kier molecular flexibility index (Phi) is 3.67. The lowest BCUT2D eigenvalue weighted by Gasteiger charge is -2.09. The predicted molar refractivity (Wildman–Crippen MR) is 107 cm³/mol. The van der Waals surface area contributed by atoms with Gasteiger partial charge in [-0.3, -0.25) is 4.57 Å². The number of nitrogens with zero attached hydrogens (tertiary/aromatic N) is 4. The molecule has 126 valence electrons. The Balaban J connectivity index is 1.91. The number of fused-ring (bicyclic) bond motifs is 2. The summed E-state index contributed by atoms with van der Waals surface area (Å²) >= 11 is 14.1. The molecule has 0 N–H and O–H groups in total. The smallest absolute Gasteiger partial charge is 0.199 e. The lowest BCUT2D eigenvalue weighted by Crippen LogP contribution is -1.98. The zero-order chi connectivity index (χ0) is 17.7. The fraction of sp³-hybridized carbons (Fsp3) is 0. The van der Waals surface area contributed by atoms with Gasteiger partial charge in [0.25, 0.3) is 0 Å². The van der Waals surface area contributed by atoms with Gasteiger partial charge in [-0.25, -0.2) is 15.0 Å². The van der Waals surface area contributed by atoms with Crippen molar-refractivity contribution in [2.75, 3.05) is 0 Å². The molecule has 0 saturated carbocycles. The SMILES string of the molecule is Clc1cc(Cl)cc(-n2c(-c3cccs3)nc3nc4ccccc4nc32)c1. The van der Waals surface area contributed by atoms with Crippen LogP contribution in [0.5, 0.6) is 0 Å². The van der Waals surface area contributed by atoms with Crippen molar-refractivity contribution in [2.24, 2.45) is 0 Å². The van der Waals surface area contributed by atoms with Crippen LogP contribution < -0.4 is 0 Å². The molecule has 0 spiro atoms. The maximum Gasteiger partial charge on any atom is 0.199 e. The monoisotopic (exact) mass is 396 g/mol. The summed E-state index contributed by atoms with van der Waals surface area (Å²) < 4.78 is 1.96. The molecule has 0 radical (unpaired) electrons. The van der Waals surface area contributed by atoms with Gasteiger partial charge in [-0.2, -0.15) is 0 Å². The Morgan fingerprint density at radius 1 is 0.808 bits per heavy atom. The van der Waals surface area contributed by atoms with E-state index in [1.807, 2.05) is 58.5 Å². The van der Waals surface area contributed by atoms with Crippen molar-refractivity contribution in [3.8, 4) is 16.4 Å². The second kappa shape index (κ2) is 6.06.